The van der Waals surface area contributed by atoms with Gasteiger partial charge in [0.2, 0.25) is 0 Å². The van der Waals surface area contributed by atoms with Gasteiger partial charge in [0, 0.05) is 26.8 Å². The SMILES string of the molecule is Cc1nc(CSc2ccc(Br)cc2)ncc1[C@@H](C)O. The first-order valence-electron chi connectivity index (χ1n) is 5.95. The van der Waals surface area contributed by atoms with Gasteiger partial charge in [-0.2, -0.15) is 0 Å². The quantitative estimate of drug-likeness (QED) is 0.859. The molecule has 2 aromatic rings. The average Bonchev–Trinajstić information content (AvgIpc) is 2.37. The Kier molecular flexibility index (Phi) is 4.96. The second-order valence-electron chi connectivity index (χ2n) is 4.25. The molecule has 0 spiro atoms. The maximum atomic E-state index is 9.54. The van der Waals surface area contributed by atoms with Crippen LogP contribution in [-0.2, 0) is 5.75 Å². The molecule has 1 atom stereocenters. The zero-order valence-electron chi connectivity index (χ0n) is 10.8. The van der Waals surface area contributed by atoms with E-state index in [2.05, 4.69) is 38.0 Å². The molecule has 3 nitrogen and oxygen atoms in total. The summed E-state index contributed by atoms with van der Waals surface area (Å²) in [5.41, 5.74) is 1.63. The molecule has 19 heavy (non-hydrogen) atoms. The lowest BCUT2D eigenvalue weighted by Crippen LogP contribution is -2.02. The lowest BCUT2D eigenvalue weighted by Gasteiger charge is -2.08. The molecule has 0 aliphatic carbocycles. The number of hydrogen-bond acceptors (Lipinski definition) is 4. The van der Waals surface area contributed by atoms with Crippen molar-refractivity contribution in [1.29, 1.82) is 0 Å². The summed E-state index contributed by atoms with van der Waals surface area (Å²) in [6.07, 6.45) is 1.19. The molecule has 0 amide bonds. The summed E-state index contributed by atoms with van der Waals surface area (Å²) < 4.78 is 1.07. The Morgan fingerprint density at radius 3 is 2.58 bits per heavy atom. The summed E-state index contributed by atoms with van der Waals surface area (Å²) in [6, 6.07) is 8.16. The minimum Gasteiger partial charge on any atom is -0.389 e. The van der Waals surface area contributed by atoms with Crippen molar-refractivity contribution in [2.45, 2.75) is 30.6 Å². The number of rotatable bonds is 4. The van der Waals surface area contributed by atoms with Crippen LogP contribution in [0.5, 0.6) is 0 Å². The Morgan fingerprint density at radius 2 is 2.00 bits per heavy atom. The highest BCUT2D eigenvalue weighted by molar-refractivity contribution is 9.10. The Bertz CT molecular complexity index is 558. The maximum Gasteiger partial charge on any atom is 0.138 e. The maximum absolute atomic E-state index is 9.54. The molecule has 0 fully saturated rings. The van der Waals surface area contributed by atoms with Gasteiger partial charge in [-0.3, -0.25) is 0 Å². The Balaban J connectivity index is 2.04. The van der Waals surface area contributed by atoms with Gasteiger partial charge in [0.15, 0.2) is 0 Å². The highest BCUT2D eigenvalue weighted by Crippen LogP contribution is 2.24. The molecule has 100 valence electrons. The molecule has 0 radical (unpaired) electrons. The van der Waals surface area contributed by atoms with Crippen LogP contribution in [0.1, 0.15) is 30.1 Å². The standard InChI is InChI=1S/C14H15BrN2OS/c1-9-13(10(2)18)7-16-14(17-9)8-19-12-5-3-11(15)4-6-12/h3-7,10,18H,8H2,1-2H3/t10-/m1/s1. The van der Waals surface area contributed by atoms with Crippen LogP contribution < -0.4 is 0 Å². The molecule has 0 bridgehead atoms. The van der Waals surface area contributed by atoms with Gasteiger partial charge in [0.25, 0.3) is 0 Å². The molecule has 0 saturated carbocycles. The molecule has 1 N–H and O–H groups in total. The zero-order valence-corrected chi connectivity index (χ0v) is 13.2. The Hall–Kier alpha value is -0.910. The van der Waals surface area contributed by atoms with E-state index >= 15 is 0 Å². The summed E-state index contributed by atoms with van der Waals surface area (Å²) in [7, 11) is 0. The van der Waals surface area contributed by atoms with Crippen LogP contribution in [0, 0.1) is 6.92 Å². The third-order valence-corrected chi connectivity index (χ3v) is 4.24. The highest BCUT2D eigenvalue weighted by atomic mass is 79.9. The van der Waals surface area contributed by atoms with Crippen molar-refractivity contribution in [3.05, 3.63) is 52.0 Å². The van der Waals surface area contributed by atoms with E-state index in [-0.39, 0.29) is 0 Å². The summed E-state index contributed by atoms with van der Waals surface area (Å²) in [5, 5.41) is 9.54. The molecule has 0 aliphatic heterocycles. The van der Waals surface area contributed by atoms with Gasteiger partial charge in [0.1, 0.15) is 5.82 Å². The number of hydrogen-bond donors (Lipinski definition) is 1. The number of aliphatic hydroxyl groups is 1. The molecule has 1 aromatic heterocycles. The first-order valence-corrected chi connectivity index (χ1v) is 7.73. The van der Waals surface area contributed by atoms with Gasteiger partial charge in [-0.05, 0) is 38.1 Å². The van der Waals surface area contributed by atoms with Crippen molar-refractivity contribution in [3.8, 4) is 0 Å². The smallest absolute Gasteiger partial charge is 0.138 e. The molecule has 0 unspecified atom stereocenters. The summed E-state index contributed by atoms with van der Waals surface area (Å²) in [6.45, 7) is 3.62. The van der Waals surface area contributed by atoms with E-state index in [1.807, 2.05) is 19.1 Å². The highest BCUT2D eigenvalue weighted by Gasteiger charge is 2.08. The van der Waals surface area contributed by atoms with Crippen LogP contribution in [0.4, 0.5) is 0 Å². The predicted octanol–water partition coefficient (Wildman–Crippen LogP) is 3.89. The number of nitrogens with zero attached hydrogens (tertiary/aromatic N) is 2. The third-order valence-electron chi connectivity index (χ3n) is 2.70. The largest absolute Gasteiger partial charge is 0.389 e. The Labute approximate surface area is 125 Å². The fourth-order valence-electron chi connectivity index (χ4n) is 1.68. The van der Waals surface area contributed by atoms with Crippen LogP contribution in [0.25, 0.3) is 0 Å². The second-order valence-corrected chi connectivity index (χ2v) is 6.21. The van der Waals surface area contributed by atoms with E-state index in [0.29, 0.717) is 0 Å². The molecule has 1 heterocycles. The van der Waals surface area contributed by atoms with Crippen molar-refractivity contribution in [2.75, 3.05) is 0 Å². The molecular weight excluding hydrogens is 324 g/mol. The van der Waals surface area contributed by atoms with E-state index in [0.717, 1.165) is 27.3 Å². The fraction of sp³-hybridized carbons (Fsp3) is 0.286. The minimum atomic E-state index is -0.520. The monoisotopic (exact) mass is 338 g/mol. The fourth-order valence-corrected chi connectivity index (χ4v) is 2.71. The summed E-state index contributed by atoms with van der Waals surface area (Å²) in [4.78, 5) is 9.90. The zero-order chi connectivity index (χ0) is 13.8. The van der Waals surface area contributed by atoms with Crippen molar-refractivity contribution >= 4 is 27.7 Å². The van der Waals surface area contributed by atoms with Crippen LogP contribution in [-0.4, -0.2) is 15.1 Å². The number of aryl methyl sites for hydroxylation is 1. The first kappa shape index (κ1) is 14.5. The molecular formula is C14H15BrN2OS. The summed E-state index contributed by atoms with van der Waals surface area (Å²) >= 11 is 5.11. The minimum absolute atomic E-state index is 0.520. The summed E-state index contributed by atoms with van der Waals surface area (Å²) in [5.74, 6) is 1.51. The van der Waals surface area contributed by atoms with Gasteiger partial charge in [0.05, 0.1) is 11.9 Å². The predicted molar refractivity (Wildman–Crippen MR) is 81.1 cm³/mol. The van der Waals surface area contributed by atoms with Gasteiger partial charge in [-0.1, -0.05) is 15.9 Å². The lowest BCUT2D eigenvalue weighted by atomic mass is 10.1. The molecule has 1 aromatic carbocycles. The van der Waals surface area contributed by atoms with Crippen LogP contribution >= 0.6 is 27.7 Å². The van der Waals surface area contributed by atoms with E-state index in [4.69, 9.17) is 0 Å². The van der Waals surface area contributed by atoms with E-state index < -0.39 is 6.10 Å². The third kappa shape index (κ3) is 4.03. The molecule has 5 heteroatoms. The van der Waals surface area contributed by atoms with Crippen molar-refractivity contribution in [1.82, 2.24) is 9.97 Å². The van der Waals surface area contributed by atoms with Gasteiger partial charge >= 0.3 is 0 Å². The number of benzene rings is 1. The van der Waals surface area contributed by atoms with E-state index in [1.54, 1.807) is 24.9 Å². The van der Waals surface area contributed by atoms with Crippen LogP contribution in [0.15, 0.2) is 39.8 Å². The van der Waals surface area contributed by atoms with Crippen molar-refractivity contribution in [2.24, 2.45) is 0 Å². The van der Waals surface area contributed by atoms with Gasteiger partial charge in [-0.15, -0.1) is 11.8 Å². The van der Waals surface area contributed by atoms with Crippen LogP contribution in [0.2, 0.25) is 0 Å². The first-order chi connectivity index (χ1) is 9.06. The van der Waals surface area contributed by atoms with Gasteiger partial charge < -0.3 is 5.11 Å². The molecule has 0 aliphatic rings. The number of thioether (sulfide) groups is 1. The number of aliphatic hydroxyl groups excluding tert-OH is 1. The van der Waals surface area contributed by atoms with Crippen molar-refractivity contribution < 1.29 is 5.11 Å². The number of aromatic nitrogens is 2. The topological polar surface area (TPSA) is 46.0 Å². The van der Waals surface area contributed by atoms with Gasteiger partial charge in [-0.25, -0.2) is 9.97 Å². The normalized spacial score (nSPS) is 12.4. The van der Waals surface area contributed by atoms with Crippen LogP contribution in [0.3, 0.4) is 0 Å². The number of halogens is 1. The van der Waals surface area contributed by atoms with E-state index in [1.165, 1.54) is 4.90 Å². The van der Waals surface area contributed by atoms with Crippen molar-refractivity contribution in [3.63, 3.8) is 0 Å². The molecule has 2 rings (SSSR count). The lowest BCUT2D eigenvalue weighted by molar-refractivity contribution is 0.197. The second kappa shape index (κ2) is 6.50. The Morgan fingerprint density at radius 1 is 1.32 bits per heavy atom. The van der Waals surface area contributed by atoms with E-state index in [9.17, 15) is 5.11 Å². The molecule has 0 saturated heterocycles. The average molecular weight is 339 g/mol.